The van der Waals surface area contributed by atoms with Gasteiger partial charge in [0.15, 0.2) is 0 Å². The largest absolute Gasteiger partial charge is 0.481 e. The molecule has 0 unspecified atom stereocenters. The van der Waals surface area contributed by atoms with Crippen LogP contribution in [0.4, 0.5) is 0 Å². The van der Waals surface area contributed by atoms with Crippen LogP contribution < -0.4 is 5.32 Å². The molecule has 0 aliphatic heterocycles. The minimum absolute atomic E-state index is 0.111. The molecule has 5 heteroatoms. The Hall–Kier alpha value is -1.88. The summed E-state index contributed by atoms with van der Waals surface area (Å²) >= 11 is 1.55. The van der Waals surface area contributed by atoms with Crippen molar-refractivity contribution in [2.75, 3.05) is 0 Å². The van der Waals surface area contributed by atoms with Crippen molar-refractivity contribution in [3.05, 3.63) is 35.2 Å². The molecule has 2 N–H and O–H groups in total. The van der Waals surface area contributed by atoms with Crippen molar-refractivity contribution in [2.45, 2.75) is 19.4 Å². The predicted octanol–water partition coefficient (Wildman–Crippen LogP) is 2.55. The Morgan fingerprint density at radius 1 is 1.39 bits per heavy atom. The van der Waals surface area contributed by atoms with Crippen LogP contribution in [-0.2, 0) is 9.59 Å². The highest BCUT2D eigenvalue weighted by molar-refractivity contribution is 7.17. The number of hydrogen-bond donors (Lipinski definition) is 2. The Bertz CT molecular complexity index is 575. The van der Waals surface area contributed by atoms with Crippen LogP contribution in [0, 0.1) is 0 Å². The molecule has 0 fully saturated rings. The highest BCUT2D eigenvalue weighted by Gasteiger charge is 2.19. The summed E-state index contributed by atoms with van der Waals surface area (Å²) in [5.41, 5.74) is 0.869. The minimum atomic E-state index is -0.927. The monoisotopic (exact) mass is 263 g/mol. The van der Waals surface area contributed by atoms with Crippen LogP contribution in [0.3, 0.4) is 0 Å². The molecule has 0 saturated carbocycles. The van der Waals surface area contributed by atoms with Crippen LogP contribution in [0.1, 0.15) is 24.9 Å². The number of hydrogen-bond acceptors (Lipinski definition) is 3. The van der Waals surface area contributed by atoms with Gasteiger partial charge in [-0.25, -0.2) is 0 Å². The third-order valence-electron chi connectivity index (χ3n) is 2.64. The zero-order valence-corrected chi connectivity index (χ0v) is 10.7. The van der Waals surface area contributed by atoms with Crippen molar-refractivity contribution in [1.29, 1.82) is 0 Å². The van der Waals surface area contributed by atoms with Crippen LogP contribution in [0.15, 0.2) is 29.6 Å². The summed E-state index contributed by atoms with van der Waals surface area (Å²) in [7, 11) is 0. The molecule has 1 heterocycles. The molecule has 18 heavy (non-hydrogen) atoms. The van der Waals surface area contributed by atoms with E-state index in [0.29, 0.717) is 0 Å². The number of aliphatic carboxylic acids is 1. The summed E-state index contributed by atoms with van der Waals surface area (Å²) in [5, 5.41) is 14.5. The summed E-state index contributed by atoms with van der Waals surface area (Å²) < 4.78 is 1.09. The van der Waals surface area contributed by atoms with Gasteiger partial charge in [0.05, 0.1) is 12.5 Å². The second kappa shape index (κ2) is 5.18. The maximum atomic E-state index is 11.2. The van der Waals surface area contributed by atoms with E-state index in [1.165, 1.54) is 6.92 Å². The Balaban J connectivity index is 2.40. The first-order valence-electron chi connectivity index (χ1n) is 5.53. The molecule has 0 bridgehead atoms. The molecular formula is C13H13NO3S. The van der Waals surface area contributed by atoms with Gasteiger partial charge in [0.1, 0.15) is 0 Å². The van der Waals surface area contributed by atoms with Crippen molar-refractivity contribution in [3.63, 3.8) is 0 Å². The van der Waals surface area contributed by atoms with Gasteiger partial charge >= 0.3 is 5.97 Å². The van der Waals surface area contributed by atoms with E-state index in [9.17, 15) is 9.59 Å². The number of nitrogens with one attached hydrogen (secondary N) is 1. The van der Waals surface area contributed by atoms with Gasteiger partial charge in [0, 0.05) is 11.6 Å². The van der Waals surface area contributed by atoms with Gasteiger partial charge in [-0.3, -0.25) is 9.59 Å². The fraction of sp³-hybridized carbons (Fsp3) is 0.231. The molecule has 1 aromatic heterocycles. The Kier molecular flexibility index (Phi) is 3.62. The lowest BCUT2D eigenvalue weighted by molar-refractivity contribution is -0.137. The fourth-order valence-corrected chi connectivity index (χ4v) is 2.94. The van der Waals surface area contributed by atoms with Gasteiger partial charge in [-0.15, -0.1) is 11.3 Å². The molecule has 4 nitrogen and oxygen atoms in total. The first-order valence-corrected chi connectivity index (χ1v) is 6.41. The lowest BCUT2D eigenvalue weighted by Gasteiger charge is -2.15. The maximum Gasteiger partial charge on any atom is 0.305 e. The van der Waals surface area contributed by atoms with Crippen LogP contribution in [0.2, 0.25) is 0 Å². The van der Waals surface area contributed by atoms with E-state index in [4.69, 9.17) is 5.11 Å². The zero-order chi connectivity index (χ0) is 13.1. The predicted molar refractivity (Wildman–Crippen MR) is 70.6 cm³/mol. The summed E-state index contributed by atoms with van der Waals surface area (Å²) in [4.78, 5) is 22.0. The van der Waals surface area contributed by atoms with Crippen LogP contribution in [0.5, 0.6) is 0 Å². The number of carboxylic acid groups (broad SMARTS) is 1. The van der Waals surface area contributed by atoms with Gasteiger partial charge in [0.2, 0.25) is 5.91 Å². The second-order valence-electron chi connectivity index (χ2n) is 4.04. The SMILES string of the molecule is CC(=O)N[C@H](CC(=O)O)c1csc2ccccc12. The Morgan fingerprint density at radius 2 is 2.11 bits per heavy atom. The number of carbonyl (C=O) groups excluding carboxylic acids is 1. The molecule has 0 aliphatic carbocycles. The van der Waals surface area contributed by atoms with Crippen molar-refractivity contribution < 1.29 is 14.7 Å². The van der Waals surface area contributed by atoms with Crippen LogP contribution in [-0.4, -0.2) is 17.0 Å². The lowest BCUT2D eigenvalue weighted by atomic mass is 10.0. The van der Waals surface area contributed by atoms with E-state index < -0.39 is 12.0 Å². The van der Waals surface area contributed by atoms with Crippen molar-refractivity contribution >= 4 is 33.3 Å². The topological polar surface area (TPSA) is 66.4 Å². The molecule has 0 aliphatic rings. The normalized spacial score (nSPS) is 12.3. The quantitative estimate of drug-likeness (QED) is 0.890. The summed E-state index contributed by atoms with van der Waals surface area (Å²) in [6, 6.07) is 7.29. The fourth-order valence-electron chi connectivity index (χ4n) is 1.93. The molecule has 0 radical (unpaired) electrons. The van der Waals surface area contributed by atoms with Crippen molar-refractivity contribution in [3.8, 4) is 0 Å². The third-order valence-corrected chi connectivity index (χ3v) is 3.62. The molecule has 1 amide bonds. The Labute approximate surface area is 108 Å². The molecule has 2 aromatic rings. The van der Waals surface area contributed by atoms with E-state index in [1.54, 1.807) is 11.3 Å². The van der Waals surface area contributed by atoms with Crippen LogP contribution >= 0.6 is 11.3 Å². The van der Waals surface area contributed by atoms with Gasteiger partial charge in [0.25, 0.3) is 0 Å². The zero-order valence-electron chi connectivity index (χ0n) is 9.84. The number of carbonyl (C=O) groups is 2. The van der Waals surface area contributed by atoms with Crippen LogP contribution in [0.25, 0.3) is 10.1 Å². The van der Waals surface area contributed by atoms with Gasteiger partial charge in [-0.2, -0.15) is 0 Å². The van der Waals surface area contributed by atoms with E-state index in [2.05, 4.69) is 5.32 Å². The summed E-state index contributed by atoms with van der Waals surface area (Å²) in [6.07, 6.45) is -0.111. The number of fused-ring (bicyclic) bond motifs is 1. The number of thiophene rings is 1. The highest BCUT2D eigenvalue weighted by atomic mass is 32.1. The smallest absolute Gasteiger partial charge is 0.305 e. The molecule has 94 valence electrons. The van der Waals surface area contributed by atoms with E-state index in [-0.39, 0.29) is 12.3 Å². The summed E-state index contributed by atoms with van der Waals surface area (Å²) in [6.45, 7) is 1.39. The molecule has 1 atom stereocenters. The Morgan fingerprint density at radius 3 is 2.78 bits per heavy atom. The van der Waals surface area contributed by atoms with Gasteiger partial charge < -0.3 is 10.4 Å². The highest BCUT2D eigenvalue weighted by Crippen LogP contribution is 2.31. The molecule has 1 aromatic carbocycles. The van der Waals surface area contributed by atoms with E-state index in [1.807, 2.05) is 29.6 Å². The van der Waals surface area contributed by atoms with Gasteiger partial charge in [-0.05, 0) is 22.4 Å². The molecular weight excluding hydrogens is 250 g/mol. The van der Waals surface area contributed by atoms with E-state index in [0.717, 1.165) is 15.6 Å². The van der Waals surface area contributed by atoms with E-state index >= 15 is 0 Å². The average Bonchev–Trinajstić information content (AvgIpc) is 2.70. The molecule has 0 saturated heterocycles. The second-order valence-corrected chi connectivity index (χ2v) is 4.95. The third kappa shape index (κ3) is 2.68. The van der Waals surface area contributed by atoms with Gasteiger partial charge in [-0.1, -0.05) is 18.2 Å². The summed E-state index contributed by atoms with van der Waals surface area (Å²) in [5.74, 6) is -1.15. The number of amides is 1. The average molecular weight is 263 g/mol. The number of benzene rings is 1. The lowest BCUT2D eigenvalue weighted by Crippen LogP contribution is -2.27. The molecule has 0 spiro atoms. The first kappa shape index (κ1) is 12.6. The van der Waals surface area contributed by atoms with Crippen molar-refractivity contribution in [2.24, 2.45) is 0 Å². The maximum absolute atomic E-state index is 11.2. The number of carboxylic acids is 1. The standard InChI is InChI=1S/C13H13NO3S/c1-8(15)14-11(6-13(16)17)10-7-18-12-5-3-2-4-9(10)12/h2-5,7,11H,6H2,1H3,(H,14,15)(H,16,17)/t11-/m1/s1. The first-order chi connectivity index (χ1) is 8.58. The number of rotatable bonds is 4. The molecule has 2 rings (SSSR count). The van der Waals surface area contributed by atoms with Crippen molar-refractivity contribution in [1.82, 2.24) is 5.32 Å². The minimum Gasteiger partial charge on any atom is -0.481 e.